The highest BCUT2D eigenvalue weighted by molar-refractivity contribution is 9.10. The number of amides is 1. The Labute approximate surface area is 133 Å². The third kappa shape index (κ3) is 2.18. The molecule has 0 atom stereocenters. The molecule has 0 saturated heterocycles. The third-order valence-electron chi connectivity index (χ3n) is 2.89. The highest BCUT2D eigenvalue weighted by atomic mass is 79.9. The van der Waals surface area contributed by atoms with Crippen LogP contribution < -0.4 is 0 Å². The Hall–Kier alpha value is -0.890. The normalized spacial score (nSPS) is 16.5. The first-order chi connectivity index (χ1) is 9.39. The highest BCUT2D eigenvalue weighted by Gasteiger charge is 2.41. The summed E-state index contributed by atoms with van der Waals surface area (Å²) >= 11 is 10.3. The minimum atomic E-state index is -3.77. The summed E-state index contributed by atoms with van der Waals surface area (Å²) < 4.78 is 26.9. The molecule has 0 radical (unpaired) electrons. The van der Waals surface area contributed by atoms with E-state index < -0.39 is 15.9 Å². The lowest BCUT2D eigenvalue weighted by Crippen LogP contribution is -2.29. The van der Waals surface area contributed by atoms with Gasteiger partial charge in [0.25, 0.3) is 15.9 Å². The van der Waals surface area contributed by atoms with Crippen LogP contribution in [0.1, 0.15) is 15.2 Å². The number of rotatable bonds is 2. The smallest absolute Gasteiger partial charge is 0.268 e. The zero-order valence-corrected chi connectivity index (χ0v) is 13.8. The number of benzene rings is 1. The topological polar surface area (TPSA) is 54.5 Å². The molecule has 104 valence electrons. The Bertz CT molecular complexity index is 816. The summed E-state index contributed by atoms with van der Waals surface area (Å²) in [6.45, 7) is 0.00481. The van der Waals surface area contributed by atoms with E-state index in [-0.39, 0.29) is 17.0 Å². The van der Waals surface area contributed by atoms with Crippen LogP contribution in [0.3, 0.4) is 0 Å². The van der Waals surface area contributed by atoms with Gasteiger partial charge in [-0.15, -0.1) is 11.3 Å². The van der Waals surface area contributed by atoms with Crippen molar-refractivity contribution in [1.82, 2.24) is 4.31 Å². The average molecular weight is 393 g/mol. The van der Waals surface area contributed by atoms with Gasteiger partial charge in [-0.2, -0.15) is 0 Å². The molecule has 1 amide bonds. The first kappa shape index (κ1) is 14.1. The Kier molecular flexibility index (Phi) is 3.40. The van der Waals surface area contributed by atoms with Gasteiger partial charge >= 0.3 is 0 Å². The Morgan fingerprint density at radius 2 is 2.00 bits per heavy atom. The van der Waals surface area contributed by atoms with E-state index in [1.165, 1.54) is 23.5 Å². The quantitative estimate of drug-likeness (QED) is 0.786. The summed E-state index contributed by atoms with van der Waals surface area (Å²) in [6, 6.07) is 7.97. The van der Waals surface area contributed by atoms with Crippen molar-refractivity contribution in [2.24, 2.45) is 0 Å². The van der Waals surface area contributed by atoms with Crippen molar-refractivity contribution in [3.63, 3.8) is 0 Å². The summed E-state index contributed by atoms with van der Waals surface area (Å²) in [4.78, 5) is 13.0. The average Bonchev–Trinajstić information content (AvgIpc) is 2.86. The first-order valence-electron chi connectivity index (χ1n) is 5.50. The maximum atomic E-state index is 12.4. The van der Waals surface area contributed by atoms with Gasteiger partial charge in [0.2, 0.25) is 0 Å². The summed E-state index contributed by atoms with van der Waals surface area (Å²) in [7, 11) is -3.77. The molecule has 4 nitrogen and oxygen atoms in total. The third-order valence-corrected chi connectivity index (χ3v) is 6.39. The second kappa shape index (κ2) is 4.84. The lowest BCUT2D eigenvalue weighted by molar-refractivity contribution is 0.0865. The number of hydrogen-bond acceptors (Lipinski definition) is 4. The van der Waals surface area contributed by atoms with E-state index in [0.29, 0.717) is 8.81 Å². The van der Waals surface area contributed by atoms with Crippen LogP contribution in [0, 0.1) is 0 Å². The van der Waals surface area contributed by atoms with Crippen LogP contribution in [0.2, 0.25) is 4.34 Å². The number of carbonyl (C=O) groups is 1. The maximum Gasteiger partial charge on any atom is 0.269 e. The fraction of sp³-hybridized carbons (Fsp3) is 0.0833. The van der Waals surface area contributed by atoms with Crippen LogP contribution in [-0.2, 0) is 16.6 Å². The van der Waals surface area contributed by atoms with Crippen LogP contribution in [0.4, 0.5) is 0 Å². The molecule has 0 bridgehead atoms. The van der Waals surface area contributed by atoms with Gasteiger partial charge < -0.3 is 0 Å². The lowest BCUT2D eigenvalue weighted by atomic mass is 10.2. The van der Waals surface area contributed by atoms with Gasteiger partial charge in [-0.3, -0.25) is 4.79 Å². The molecule has 1 aromatic carbocycles. The number of sulfonamides is 1. The largest absolute Gasteiger partial charge is 0.269 e. The molecule has 1 aromatic heterocycles. The van der Waals surface area contributed by atoms with Crippen molar-refractivity contribution in [2.45, 2.75) is 11.4 Å². The van der Waals surface area contributed by atoms with Crippen molar-refractivity contribution < 1.29 is 13.2 Å². The van der Waals surface area contributed by atoms with Gasteiger partial charge in [0.1, 0.15) is 4.90 Å². The van der Waals surface area contributed by atoms with Gasteiger partial charge in [-0.1, -0.05) is 27.5 Å². The van der Waals surface area contributed by atoms with Crippen molar-refractivity contribution in [3.05, 3.63) is 49.6 Å². The van der Waals surface area contributed by atoms with Crippen molar-refractivity contribution >= 4 is 54.8 Å². The molecule has 3 rings (SSSR count). The van der Waals surface area contributed by atoms with Crippen LogP contribution in [0.25, 0.3) is 0 Å². The Balaban J connectivity index is 2.05. The summed E-state index contributed by atoms with van der Waals surface area (Å²) in [6.07, 6.45) is 0. The van der Waals surface area contributed by atoms with Gasteiger partial charge in [0, 0.05) is 9.35 Å². The fourth-order valence-corrected chi connectivity index (χ4v) is 5.04. The SMILES string of the molecule is O=C1c2cc(Br)ccc2S(=O)(=O)N1Cc1ccc(Cl)s1. The van der Waals surface area contributed by atoms with E-state index in [0.717, 1.165) is 9.18 Å². The maximum absolute atomic E-state index is 12.4. The molecule has 0 aliphatic carbocycles. The van der Waals surface area contributed by atoms with Crippen molar-refractivity contribution in [2.75, 3.05) is 0 Å². The van der Waals surface area contributed by atoms with Gasteiger partial charge in [0.05, 0.1) is 16.4 Å². The fourth-order valence-electron chi connectivity index (χ4n) is 1.99. The molecule has 0 fully saturated rings. The van der Waals surface area contributed by atoms with Crippen LogP contribution >= 0.6 is 38.9 Å². The molecule has 20 heavy (non-hydrogen) atoms. The number of carbonyl (C=O) groups excluding carboxylic acids is 1. The van der Waals surface area contributed by atoms with E-state index >= 15 is 0 Å². The zero-order valence-electron chi connectivity index (χ0n) is 9.84. The number of nitrogens with zero attached hydrogens (tertiary/aromatic N) is 1. The molecule has 0 unspecified atom stereocenters. The molecule has 0 saturated carbocycles. The molecule has 2 heterocycles. The zero-order chi connectivity index (χ0) is 14.5. The predicted molar refractivity (Wildman–Crippen MR) is 80.5 cm³/mol. The van der Waals surface area contributed by atoms with Gasteiger partial charge in [-0.05, 0) is 30.3 Å². The van der Waals surface area contributed by atoms with Crippen LogP contribution in [-0.4, -0.2) is 18.6 Å². The summed E-state index contributed by atoms with van der Waals surface area (Å²) in [5.74, 6) is -0.508. The van der Waals surface area contributed by atoms with Crippen molar-refractivity contribution in [3.8, 4) is 0 Å². The minimum Gasteiger partial charge on any atom is -0.268 e. The molecule has 0 N–H and O–H groups in total. The molecular formula is C12H7BrClNO3S2. The number of halogens is 2. The minimum absolute atomic E-state index is 0.00481. The summed E-state index contributed by atoms with van der Waals surface area (Å²) in [5.41, 5.74) is 0.196. The van der Waals surface area contributed by atoms with E-state index in [1.807, 2.05) is 0 Å². The van der Waals surface area contributed by atoms with Crippen LogP contribution in [0.15, 0.2) is 39.7 Å². The molecule has 1 aliphatic heterocycles. The second-order valence-electron chi connectivity index (χ2n) is 4.16. The number of thiophene rings is 1. The summed E-state index contributed by atoms with van der Waals surface area (Å²) in [5, 5.41) is 0. The molecule has 1 aliphatic rings. The van der Waals surface area contributed by atoms with Crippen molar-refractivity contribution in [1.29, 1.82) is 0 Å². The Morgan fingerprint density at radius 3 is 2.65 bits per heavy atom. The van der Waals surface area contributed by atoms with Gasteiger partial charge in [-0.25, -0.2) is 12.7 Å². The molecule has 8 heteroatoms. The second-order valence-corrected chi connectivity index (χ2v) is 8.71. The molecular weight excluding hydrogens is 386 g/mol. The first-order valence-corrected chi connectivity index (χ1v) is 8.93. The molecule has 0 spiro atoms. The number of fused-ring (bicyclic) bond motifs is 1. The molecule has 2 aromatic rings. The highest BCUT2D eigenvalue weighted by Crippen LogP contribution is 2.34. The van der Waals surface area contributed by atoms with E-state index in [2.05, 4.69) is 15.9 Å². The monoisotopic (exact) mass is 391 g/mol. The number of hydrogen-bond donors (Lipinski definition) is 0. The van der Waals surface area contributed by atoms with E-state index in [9.17, 15) is 13.2 Å². The lowest BCUT2D eigenvalue weighted by Gasteiger charge is -2.13. The van der Waals surface area contributed by atoms with Crippen LogP contribution in [0.5, 0.6) is 0 Å². The van der Waals surface area contributed by atoms with E-state index in [1.54, 1.807) is 18.2 Å². The van der Waals surface area contributed by atoms with E-state index in [4.69, 9.17) is 11.6 Å². The predicted octanol–water partition coefficient (Wildman–Crippen LogP) is 3.51. The van der Waals surface area contributed by atoms with Gasteiger partial charge in [0.15, 0.2) is 0 Å². The standard InChI is InChI=1S/C12H7BrClNO3S2/c13-7-1-3-10-9(5-7)12(16)15(20(10,17)18)6-8-2-4-11(14)19-8/h1-5H,6H2. The Morgan fingerprint density at radius 1 is 1.25 bits per heavy atom.